The Balaban J connectivity index is 1.76. The number of aliphatic carboxylic acids is 1. The van der Waals surface area contributed by atoms with Crippen LogP contribution in [0.15, 0.2) is 30.3 Å². The average Bonchev–Trinajstić information content (AvgIpc) is 3.21. The molecule has 5 nitrogen and oxygen atoms in total. The monoisotopic (exact) mass is 276 g/mol. The zero-order chi connectivity index (χ0) is 14.4. The lowest BCUT2D eigenvalue weighted by molar-refractivity contribution is -0.138. The average molecular weight is 276 g/mol. The molecule has 20 heavy (non-hydrogen) atoms. The molecule has 0 heterocycles. The zero-order valence-electron chi connectivity index (χ0n) is 11.4. The number of carbonyl (C=O) groups excluding carboxylic acids is 1. The molecule has 0 bridgehead atoms. The first-order chi connectivity index (χ1) is 9.63. The topological polar surface area (TPSA) is 69.6 Å². The van der Waals surface area contributed by atoms with Crippen molar-refractivity contribution in [3.63, 3.8) is 0 Å². The highest BCUT2D eigenvalue weighted by Crippen LogP contribution is 2.29. The van der Waals surface area contributed by atoms with E-state index in [2.05, 4.69) is 5.32 Å². The number of carboxylic acid groups (broad SMARTS) is 1. The van der Waals surface area contributed by atoms with E-state index in [0.29, 0.717) is 19.0 Å². The van der Waals surface area contributed by atoms with Gasteiger partial charge in [-0.25, -0.2) is 0 Å². The largest absolute Gasteiger partial charge is 0.480 e. The molecule has 0 radical (unpaired) electrons. The number of benzene rings is 1. The molecular formula is C15H20N2O3. The van der Waals surface area contributed by atoms with Crippen molar-refractivity contribution < 1.29 is 14.7 Å². The Morgan fingerprint density at radius 1 is 1.20 bits per heavy atom. The maximum Gasteiger partial charge on any atom is 0.317 e. The fraction of sp³-hybridized carbons (Fsp3) is 0.467. The lowest BCUT2D eigenvalue weighted by Crippen LogP contribution is -2.40. The molecule has 1 aliphatic rings. The summed E-state index contributed by atoms with van der Waals surface area (Å²) in [4.78, 5) is 24.4. The smallest absolute Gasteiger partial charge is 0.317 e. The Morgan fingerprint density at radius 2 is 1.90 bits per heavy atom. The highest BCUT2D eigenvalue weighted by molar-refractivity contribution is 5.79. The van der Waals surface area contributed by atoms with Crippen molar-refractivity contribution >= 4 is 11.9 Å². The van der Waals surface area contributed by atoms with Gasteiger partial charge in [-0.3, -0.25) is 14.5 Å². The van der Waals surface area contributed by atoms with Gasteiger partial charge in [0.05, 0.1) is 13.1 Å². The maximum atomic E-state index is 11.9. The molecule has 1 aromatic carbocycles. The van der Waals surface area contributed by atoms with Crippen molar-refractivity contribution in [3.05, 3.63) is 35.9 Å². The van der Waals surface area contributed by atoms with Crippen LogP contribution in [0.5, 0.6) is 0 Å². The van der Waals surface area contributed by atoms with E-state index in [1.54, 1.807) is 4.90 Å². The first-order valence-electron chi connectivity index (χ1n) is 6.88. The minimum absolute atomic E-state index is 0.0741. The molecule has 1 fully saturated rings. The summed E-state index contributed by atoms with van der Waals surface area (Å²) in [6, 6.07) is 9.66. The Morgan fingerprint density at radius 3 is 2.50 bits per heavy atom. The van der Waals surface area contributed by atoms with Gasteiger partial charge in [0.15, 0.2) is 0 Å². The second-order valence-corrected chi connectivity index (χ2v) is 5.27. The molecule has 1 aromatic rings. The van der Waals surface area contributed by atoms with Crippen LogP contribution in [0.2, 0.25) is 0 Å². The fourth-order valence-corrected chi connectivity index (χ4v) is 2.10. The van der Waals surface area contributed by atoms with E-state index in [0.717, 1.165) is 18.4 Å². The zero-order valence-corrected chi connectivity index (χ0v) is 11.4. The van der Waals surface area contributed by atoms with E-state index in [1.807, 2.05) is 30.3 Å². The minimum Gasteiger partial charge on any atom is -0.480 e. The molecule has 0 spiro atoms. The number of amides is 1. The van der Waals surface area contributed by atoms with E-state index < -0.39 is 5.97 Å². The Labute approximate surface area is 118 Å². The molecule has 0 aromatic heterocycles. The third-order valence-electron chi connectivity index (χ3n) is 3.27. The van der Waals surface area contributed by atoms with Crippen LogP contribution in [0.4, 0.5) is 0 Å². The summed E-state index contributed by atoms with van der Waals surface area (Å²) >= 11 is 0. The van der Waals surface area contributed by atoms with Gasteiger partial charge in [-0.05, 0) is 24.3 Å². The molecule has 0 unspecified atom stereocenters. The standard InChI is InChI=1S/C15H20N2O3/c18-14(16-8-12-4-2-1-3-5-12)10-17(11-15(19)20)9-13-6-7-13/h1-5,13H,6-11H2,(H,16,18)(H,19,20). The lowest BCUT2D eigenvalue weighted by atomic mass is 10.2. The van der Waals surface area contributed by atoms with Gasteiger partial charge in [-0.2, -0.15) is 0 Å². The number of carbonyl (C=O) groups is 2. The summed E-state index contributed by atoms with van der Waals surface area (Å²) in [5, 5.41) is 11.7. The predicted octanol–water partition coefficient (Wildman–Crippen LogP) is 1.10. The Kier molecular flexibility index (Phi) is 5.12. The molecule has 0 aliphatic heterocycles. The number of hydrogen-bond donors (Lipinski definition) is 2. The van der Waals surface area contributed by atoms with Crippen LogP contribution in [-0.2, 0) is 16.1 Å². The molecule has 2 N–H and O–H groups in total. The number of rotatable bonds is 8. The molecule has 108 valence electrons. The third kappa shape index (κ3) is 5.40. The highest BCUT2D eigenvalue weighted by atomic mass is 16.4. The van der Waals surface area contributed by atoms with Crippen molar-refractivity contribution in [2.75, 3.05) is 19.6 Å². The Hall–Kier alpha value is -1.88. The van der Waals surface area contributed by atoms with Crippen molar-refractivity contribution in [1.82, 2.24) is 10.2 Å². The van der Waals surface area contributed by atoms with E-state index in [4.69, 9.17) is 5.11 Å². The fourth-order valence-electron chi connectivity index (χ4n) is 2.10. The van der Waals surface area contributed by atoms with Crippen molar-refractivity contribution in [3.8, 4) is 0 Å². The maximum absolute atomic E-state index is 11.9. The summed E-state index contributed by atoms with van der Waals surface area (Å²) in [6.07, 6.45) is 2.28. The molecule has 1 aliphatic carbocycles. The number of nitrogens with one attached hydrogen (secondary N) is 1. The van der Waals surface area contributed by atoms with Gasteiger partial charge in [0.1, 0.15) is 0 Å². The molecule has 0 atom stereocenters. The van der Waals surface area contributed by atoms with Crippen LogP contribution in [0.25, 0.3) is 0 Å². The second kappa shape index (κ2) is 7.05. The lowest BCUT2D eigenvalue weighted by Gasteiger charge is -2.19. The molecule has 1 amide bonds. The quantitative estimate of drug-likeness (QED) is 0.746. The first-order valence-corrected chi connectivity index (χ1v) is 6.88. The number of carboxylic acids is 1. The molecule has 0 saturated heterocycles. The van der Waals surface area contributed by atoms with Gasteiger partial charge >= 0.3 is 5.97 Å². The highest BCUT2D eigenvalue weighted by Gasteiger charge is 2.26. The summed E-state index contributed by atoms with van der Waals surface area (Å²) in [5.74, 6) is -0.450. The van der Waals surface area contributed by atoms with Crippen LogP contribution in [-0.4, -0.2) is 41.5 Å². The third-order valence-corrected chi connectivity index (χ3v) is 3.27. The van der Waals surface area contributed by atoms with Gasteiger partial charge in [0.25, 0.3) is 0 Å². The van der Waals surface area contributed by atoms with E-state index in [-0.39, 0.29) is 19.0 Å². The summed E-state index contributed by atoms with van der Waals surface area (Å²) in [6.45, 7) is 1.25. The Bertz CT molecular complexity index is 457. The van der Waals surface area contributed by atoms with Crippen LogP contribution in [0.1, 0.15) is 18.4 Å². The van der Waals surface area contributed by atoms with Crippen molar-refractivity contribution in [1.29, 1.82) is 0 Å². The number of nitrogens with zero attached hydrogens (tertiary/aromatic N) is 1. The molecular weight excluding hydrogens is 256 g/mol. The molecule has 2 rings (SSSR count). The summed E-state index contributed by atoms with van der Waals surface area (Å²) < 4.78 is 0. The second-order valence-electron chi connectivity index (χ2n) is 5.27. The predicted molar refractivity (Wildman–Crippen MR) is 75.1 cm³/mol. The van der Waals surface area contributed by atoms with Gasteiger partial charge < -0.3 is 10.4 Å². The number of hydrogen-bond acceptors (Lipinski definition) is 3. The van der Waals surface area contributed by atoms with Crippen LogP contribution >= 0.6 is 0 Å². The normalized spacial score (nSPS) is 14.2. The van der Waals surface area contributed by atoms with Gasteiger partial charge in [0.2, 0.25) is 5.91 Å². The van der Waals surface area contributed by atoms with E-state index in [9.17, 15) is 9.59 Å². The van der Waals surface area contributed by atoms with E-state index >= 15 is 0 Å². The van der Waals surface area contributed by atoms with Crippen LogP contribution < -0.4 is 5.32 Å². The van der Waals surface area contributed by atoms with Crippen molar-refractivity contribution in [2.24, 2.45) is 5.92 Å². The van der Waals surface area contributed by atoms with Gasteiger partial charge in [0, 0.05) is 13.1 Å². The SMILES string of the molecule is O=C(O)CN(CC(=O)NCc1ccccc1)CC1CC1. The first kappa shape index (κ1) is 14.5. The van der Waals surface area contributed by atoms with Gasteiger partial charge in [-0.15, -0.1) is 0 Å². The summed E-state index contributed by atoms with van der Waals surface area (Å²) in [7, 11) is 0. The van der Waals surface area contributed by atoms with E-state index in [1.165, 1.54) is 0 Å². The van der Waals surface area contributed by atoms with Crippen molar-refractivity contribution in [2.45, 2.75) is 19.4 Å². The van der Waals surface area contributed by atoms with Gasteiger partial charge in [-0.1, -0.05) is 30.3 Å². The summed E-state index contributed by atoms with van der Waals surface area (Å²) in [5.41, 5.74) is 1.04. The molecule has 1 saturated carbocycles. The van der Waals surface area contributed by atoms with Crippen LogP contribution in [0.3, 0.4) is 0 Å². The molecule has 5 heteroatoms. The minimum atomic E-state index is -0.887. The van der Waals surface area contributed by atoms with Crippen LogP contribution in [0, 0.1) is 5.92 Å².